The fraction of sp³-hybridized carbons (Fsp3) is 0.917. The third-order valence-electron chi connectivity index (χ3n) is 3.01. The van der Waals surface area contributed by atoms with E-state index in [9.17, 15) is 4.79 Å². The van der Waals surface area contributed by atoms with Crippen molar-refractivity contribution in [2.45, 2.75) is 58.9 Å². The van der Waals surface area contributed by atoms with Crippen LogP contribution in [0.5, 0.6) is 0 Å². The molecule has 3 heteroatoms. The van der Waals surface area contributed by atoms with E-state index in [0.717, 1.165) is 12.8 Å². The van der Waals surface area contributed by atoms with E-state index in [-0.39, 0.29) is 6.04 Å². The Labute approximate surface area is 93.0 Å². The minimum absolute atomic E-state index is 0.209. The summed E-state index contributed by atoms with van der Waals surface area (Å²) >= 11 is 0. The first-order valence-corrected chi connectivity index (χ1v) is 5.97. The zero-order valence-corrected chi connectivity index (χ0v) is 10.2. The Morgan fingerprint density at radius 1 is 1.33 bits per heavy atom. The van der Waals surface area contributed by atoms with E-state index >= 15 is 0 Å². The van der Waals surface area contributed by atoms with Crippen LogP contribution in [-0.2, 0) is 4.79 Å². The second kappa shape index (κ2) is 7.69. The number of carboxylic acids is 1. The van der Waals surface area contributed by atoms with E-state index < -0.39 is 11.9 Å². The predicted molar refractivity (Wildman–Crippen MR) is 62.7 cm³/mol. The summed E-state index contributed by atoms with van der Waals surface area (Å²) in [6.45, 7) is 6.03. The van der Waals surface area contributed by atoms with Crippen LogP contribution in [0.1, 0.15) is 52.9 Å². The van der Waals surface area contributed by atoms with Gasteiger partial charge in [-0.3, -0.25) is 4.79 Å². The summed E-state index contributed by atoms with van der Waals surface area (Å²) in [5.74, 6) is -0.685. The number of hydrogen-bond donors (Lipinski definition) is 2. The van der Waals surface area contributed by atoms with Gasteiger partial charge in [0.15, 0.2) is 0 Å². The van der Waals surface area contributed by atoms with E-state index in [0.29, 0.717) is 5.92 Å². The van der Waals surface area contributed by atoms with E-state index in [1.807, 2.05) is 0 Å². The first-order chi connectivity index (χ1) is 6.99. The number of nitrogens with two attached hydrogens (primary N) is 1. The van der Waals surface area contributed by atoms with Crippen molar-refractivity contribution in [2.24, 2.45) is 17.6 Å². The molecule has 0 heterocycles. The number of unbranched alkanes of at least 4 members (excludes halogenated alkanes) is 2. The van der Waals surface area contributed by atoms with Crippen LogP contribution in [0.4, 0.5) is 0 Å². The summed E-state index contributed by atoms with van der Waals surface area (Å²) < 4.78 is 0. The fourth-order valence-corrected chi connectivity index (χ4v) is 1.71. The summed E-state index contributed by atoms with van der Waals surface area (Å²) in [5, 5.41) is 8.80. The Kier molecular flexibility index (Phi) is 7.39. The SMILES string of the molecule is CCCCCC(C)C[C@H](N)C(C)C(=O)O. The predicted octanol–water partition coefficient (Wildman–Crippen LogP) is 2.64. The minimum atomic E-state index is -0.789. The second-order valence-corrected chi connectivity index (χ2v) is 4.63. The highest BCUT2D eigenvalue weighted by Crippen LogP contribution is 2.17. The van der Waals surface area contributed by atoms with Gasteiger partial charge in [-0.2, -0.15) is 0 Å². The van der Waals surface area contributed by atoms with E-state index in [2.05, 4.69) is 13.8 Å². The molecule has 0 spiro atoms. The first kappa shape index (κ1) is 14.4. The molecule has 0 fully saturated rings. The Balaban J connectivity index is 3.75. The van der Waals surface area contributed by atoms with Gasteiger partial charge in [-0.05, 0) is 12.3 Å². The monoisotopic (exact) mass is 215 g/mol. The highest BCUT2D eigenvalue weighted by Gasteiger charge is 2.21. The van der Waals surface area contributed by atoms with Crippen LogP contribution in [-0.4, -0.2) is 17.1 Å². The van der Waals surface area contributed by atoms with Gasteiger partial charge in [0.1, 0.15) is 0 Å². The molecule has 0 saturated carbocycles. The zero-order valence-electron chi connectivity index (χ0n) is 10.2. The van der Waals surface area contributed by atoms with Crippen LogP contribution in [0, 0.1) is 11.8 Å². The lowest BCUT2D eigenvalue weighted by Crippen LogP contribution is -2.34. The molecule has 0 aromatic rings. The van der Waals surface area contributed by atoms with Crippen molar-refractivity contribution >= 4 is 5.97 Å². The van der Waals surface area contributed by atoms with Crippen LogP contribution in [0.25, 0.3) is 0 Å². The van der Waals surface area contributed by atoms with Crippen LogP contribution >= 0.6 is 0 Å². The fourth-order valence-electron chi connectivity index (χ4n) is 1.71. The number of aliphatic carboxylic acids is 1. The zero-order chi connectivity index (χ0) is 11.8. The van der Waals surface area contributed by atoms with Gasteiger partial charge in [0.05, 0.1) is 5.92 Å². The van der Waals surface area contributed by atoms with Crippen LogP contribution < -0.4 is 5.73 Å². The Morgan fingerprint density at radius 3 is 2.40 bits per heavy atom. The largest absolute Gasteiger partial charge is 0.481 e. The van der Waals surface area contributed by atoms with Crippen molar-refractivity contribution in [1.29, 1.82) is 0 Å². The molecule has 15 heavy (non-hydrogen) atoms. The van der Waals surface area contributed by atoms with Crippen molar-refractivity contribution in [3.8, 4) is 0 Å². The molecule has 3 N–H and O–H groups in total. The summed E-state index contributed by atoms with van der Waals surface area (Å²) in [7, 11) is 0. The van der Waals surface area contributed by atoms with Crippen LogP contribution in [0.2, 0.25) is 0 Å². The lowest BCUT2D eigenvalue weighted by atomic mass is 9.90. The number of hydrogen-bond acceptors (Lipinski definition) is 2. The molecule has 0 aromatic carbocycles. The third kappa shape index (κ3) is 6.50. The maximum Gasteiger partial charge on any atom is 0.307 e. The van der Waals surface area contributed by atoms with Gasteiger partial charge in [-0.1, -0.05) is 46.5 Å². The molecular formula is C12H25NO2. The van der Waals surface area contributed by atoms with Crippen molar-refractivity contribution in [2.75, 3.05) is 0 Å². The molecule has 0 amide bonds. The number of rotatable bonds is 8. The average Bonchev–Trinajstić information content (AvgIpc) is 2.16. The van der Waals surface area contributed by atoms with Crippen LogP contribution in [0.15, 0.2) is 0 Å². The molecule has 90 valence electrons. The standard InChI is InChI=1S/C12H25NO2/c1-4-5-6-7-9(2)8-11(13)10(3)12(14)15/h9-11H,4-8,13H2,1-3H3,(H,14,15)/t9?,10?,11-/m0/s1. The summed E-state index contributed by atoms with van der Waals surface area (Å²) in [6.07, 6.45) is 5.69. The Hall–Kier alpha value is -0.570. The Bertz CT molecular complexity index is 182. The molecule has 0 aliphatic heterocycles. The van der Waals surface area contributed by atoms with E-state index in [1.165, 1.54) is 19.3 Å². The van der Waals surface area contributed by atoms with Crippen molar-refractivity contribution in [3.05, 3.63) is 0 Å². The van der Waals surface area contributed by atoms with Gasteiger partial charge in [-0.15, -0.1) is 0 Å². The minimum Gasteiger partial charge on any atom is -0.481 e. The van der Waals surface area contributed by atoms with Crippen molar-refractivity contribution in [1.82, 2.24) is 0 Å². The summed E-state index contributed by atoms with van der Waals surface area (Å²) in [4.78, 5) is 10.7. The van der Waals surface area contributed by atoms with Gasteiger partial charge >= 0.3 is 5.97 Å². The quantitative estimate of drug-likeness (QED) is 0.612. The number of carboxylic acid groups (broad SMARTS) is 1. The first-order valence-electron chi connectivity index (χ1n) is 5.97. The molecule has 0 bridgehead atoms. The van der Waals surface area contributed by atoms with E-state index in [4.69, 9.17) is 10.8 Å². The average molecular weight is 215 g/mol. The molecule has 2 unspecified atom stereocenters. The van der Waals surface area contributed by atoms with Gasteiger partial charge in [-0.25, -0.2) is 0 Å². The third-order valence-corrected chi connectivity index (χ3v) is 3.01. The molecule has 3 nitrogen and oxygen atoms in total. The maximum absolute atomic E-state index is 10.7. The van der Waals surface area contributed by atoms with Gasteiger partial charge < -0.3 is 10.8 Å². The second-order valence-electron chi connectivity index (χ2n) is 4.63. The summed E-state index contributed by atoms with van der Waals surface area (Å²) in [5.41, 5.74) is 5.84. The highest BCUT2D eigenvalue weighted by molar-refractivity contribution is 5.70. The molecule has 0 aliphatic carbocycles. The molecule has 0 saturated heterocycles. The van der Waals surface area contributed by atoms with Crippen LogP contribution in [0.3, 0.4) is 0 Å². The Morgan fingerprint density at radius 2 is 1.93 bits per heavy atom. The molecule has 0 aromatic heterocycles. The molecule has 0 rings (SSSR count). The topological polar surface area (TPSA) is 63.3 Å². The van der Waals surface area contributed by atoms with Gasteiger partial charge in [0.2, 0.25) is 0 Å². The van der Waals surface area contributed by atoms with Gasteiger partial charge in [0.25, 0.3) is 0 Å². The lowest BCUT2D eigenvalue weighted by Gasteiger charge is -2.20. The molecular weight excluding hydrogens is 190 g/mol. The molecule has 3 atom stereocenters. The summed E-state index contributed by atoms with van der Waals surface area (Å²) in [6, 6.07) is -0.209. The van der Waals surface area contributed by atoms with Crippen molar-refractivity contribution < 1.29 is 9.90 Å². The highest BCUT2D eigenvalue weighted by atomic mass is 16.4. The molecule has 0 radical (unpaired) electrons. The normalized spacial score (nSPS) is 17.1. The lowest BCUT2D eigenvalue weighted by molar-refractivity contribution is -0.141. The van der Waals surface area contributed by atoms with E-state index in [1.54, 1.807) is 6.92 Å². The van der Waals surface area contributed by atoms with Gasteiger partial charge in [0, 0.05) is 6.04 Å². The van der Waals surface area contributed by atoms with Crippen molar-refractivity contribution in [3.63, 3.8) is 0 Å². The smallest absolute Gasteiger partial charge is 0.307 e. The molecule has 0 aliphatic rings. The maximum atomic E-state index is 10.7. The number of carbonyl (C=O) groups is 1.